The number of benzene rings is 1. The number of carbonyl (C=O) groups excluding carboxylic acids is 1. The highest BCUT2D eigenvalue weighted by molar-refractivity contribution is 9.10. The third kappa shape index (κ3) is 2.93. The molecule has 2 aromatic rings. The molecule has 1 nitrogen and oxygen atoms in total. The Balaban J connectivity index is 2.37. The van der Waals surface area contributed by atoms with Crippen LogP contribution in [0.2, 0.25) is 0 Å². The molecule has 0 unspecified atom stereocenters. The molecule has 1 heterocycles. The molecule has 0 amide bonds. The highest BCUT2D eigenvalue weighted by Crippen LogP contribution is 2.33. The molecule has 1 aromatic heterocycles. The molecule has 0 atom stereocenters. The molecule has 17 heavy (non-hydrogen) atoms. The first-order valence-electron chi connectivity index (χ1n) is 5.19. The van der Waals surface area contributed by atoms with Gasteiger partial charge >= 0.3 is 0 Å². The lowest BCUT2D eigenvalue weighted by Crippen LogP contribution is -1.73. The van der Waals surface area contributed by atoms with Crippen molar-refractivity contribution in [2.24, 2.45) is 0 Å². The first kappa shape index (κ1) is 12.3. The van der Waals surface area contributed by atoms with E-state index in [2.05, 4.69) is 28.1 Å². The van der Waals surface area contributed by atoms with Crippen molar-refractivity contribution >= 4 is 39.6 Å². The quantitative estimate of drug-likeness (QED) is 0.589. The smallest absolute Gasteiger partial charge is 0.145 e. The van der Waals surface area contributed by atoms with E-state index in [0.717, 1.165) is 21.2 Å². The van der Waals surface area contributed by atoms with Crippen molar-refractivity contribution in [3.8, 4) is 10.4 Å². The molecule has 0 fully saturated rings. The van der Waals surface area contributed by atoms with Crippen LogP contribution in [0.4, 0.5) is 0 Å². The Kier molecular flexibility index (Phi) is 3.92. The molecule has 0 N–H and O–H groups in total. The third-order valence-electron chi connectivity index (χ3n) is 2.32. The van der Waals surface area contributed by atoms with Gasteiger partial charge in [0.25, 0.3) is 0 Å². The summed E-state index contributed by atoms with van der Waals surface area (Å²) in [4.78, 5) is 12.9. The first-order valence-corrected chi connectivity index (χ1v) is 6.80. The number of carbonyl (C=O) groups is 1. The second kappa shape index (κ2) is 5.43. The largest absolute Gasteiger partial charge is 0.298 e. The van der Waals surface area contributed by atoms with Crippen LogP contribution in [-0.4, -0.2) is 6.29 Å². The van der Waals surface area contributed by atoms with Crippen LogP contribution in [0, 0.1) is 0 Å². The van der Waals surface area contributed by atoms with Gasteiger partial charge in [-0.1, -0.05) is 34.1 Å². The Bertz CT molecular complexity index is 569. The standard InChI is InChI=1S/C14H11BrOS/c1-10(9-16)8-11-6-7-14(17-11)12-4-2-3-5-13(12)15/h2-9H,1H3. The Labute approximate surface area is 113 Å². The van der Waals surface area contributed by atoms with Crippen molar-refractivity contribution in [2.45, 2.75) is 6.92 Å². The van der Waals surface area contributed by atoms with Crippen LogP contribution < -0.4 is 0 Å². The Morgan fingerprint density at radius 2 is 2.00 bits per heavy atom. The van der Waals surface area contributed by atoms with Gasteiger partial charge in [-0.15, -0.1) is 11.3 Å². The number of aldehydes is 1. The third-order valence-corrected chi connectivity index (χ3v) is 4.08. The van der Waals surface area contributed by atoms with Crippen LogP contribution in [0.25, 0.3) is 16.5 Å². The van der Waals surface area contributed by atoms with Gasteiger partial charge in [-0.2, -0.15) is 0 Å². The Morgan fingerprint density at radius 3 is 2.71 bits per heavy atom. The van der Waals surface area contributed by atoms with Crippen molar-refractivity contribution < 1.29 is 4.79 Å². The summed E-state index contributed by atoms with van der Waals surface area (Å²) in [5.74, 6) is 0. The van der Waals surface area contributed by atoms with E-state index in [9.17, 15) is 4.79 Å². The number of hydrogen-bond acceptors (Lipinski definition) is 2. The predicted octanol–water partition coefficient (Wildman–Crippen LogP) is 4.78. The molecule has 2 rings (SSSR count). The summed E-state index contributed by atoms with van der Waals surface area (Å²) in [5, 5.41) is 0. The molecule has 3 heteroatoms. The average Bonchev–Trinajstić information content (AvgIpc) is 2.78. The lowest BCUT2D eigenvalue weighted by molar-refractivity contribution is -0.104. The van der Waals surface area contributed by atoms with Gasteiger partial charge in [-0.05, 0) is 36.8 Å². The molecule has 0 aliphatic carbocycles. The van der Waals surface area contributed by atoms with Gasteiger partial charge in [0.05, 0.1) is 0 Å². The van der Waals surface area contributed by atoms with Crippen molar-refractivity contribution in [2.75, 3.05) is 0 Å². The van der Waals surface area contributed by atoms with E-state index in [1.165, 1.54) is 10.4 Å². The molecule has 1 aromatic carbocycles. The molecule has 0 aliphatic rings. The van der Waals surface area contributed by atoms with Gasteiger partial charge in [0.1, 0.15) is 6.29 Å². The van der Waals surface area contributed by atoms with Crippen LogP contribution in [0.15, 0.2) is 46.4 Å². The fourth-order valence-electron chi connectivity index (χ4n) is 1.49. The Hall–Kier alpha value is -1.19. The molecule has 0 saturated carbocycles. The lowest BCUT2D eigenvalue weighted by Gasteiger charge is -1.99. The number of thiophene rings is 1. The number of hydrogen-bond donors (Lipinski definition) is 0. The van der Waals surface area contributed by atoms with Crippen LogP contribution in [-0.2, 0) is 4.79 Å². The van der Waals surface area contributed by atoms with E-state index in [4.69, 9.17) is 0 Å². The highest BCUT2D eigenvalue weighted by atomic mass is 79.9. The Morgan fingerprint density at radius 1 is 1.24 bits per heavy atom. The molecule has 0 bridgehead atoms. The first-order chi connectivity index (χ1) is 8.20. The fourth-order valence-corrected chi connectivity index (χ4v) is 3.18. The maximum absolute atomic E-state index is 10.6. The van der Waals surface area contributed by atoms with Gasteiger partial charge in [0.2, 0.25) is 0 Å². The van der Waals surface area contributed by atoms with Crippen LogP contribution in [0.5, 0.6) is 0 Å². The topological polar surface area (TPSA) is 17.1 Å². The zero-order chi connectivity index (χ0) is 12.3. The maximum Gasteiger partial charge on any atom is 0.145 e. The molecule has 0 saturated heterocycles. The summed E-state index contributed by atoms with van der Waals surface area (Å²) >= 11 is 5.22. The summed E-state index contributed by atoms with van der Waals surface area (Å²) in [6.07, 6.45) is 2.77. The summed E-state index contributed by atoms with van der Waals surface area (Å²) in [5.41, 5.74) is 1.92. The highest BCUT2D eigenvalue weighted by Gasteiger charge is 2.04. The maximum atomic E-state index is 10.6. The van der Waals surface area contributed by atoms with Gasteiger partial charge in [0, 0.05) is 19.8 Å². The van der Waals surface area contributed by atoms with Crippen LogP contribution in [0.1, 0.15) is 11.8 Å². The average molecular weight is 307 g/mol. The van der Waals surface area contributed by atoms with Crippen molar-refractivity contribution in [1.29, 1.82) is 0 Å². The van der Waals surface area contributed by atoms with E-state index in [0.29, 0.717) is 0 Å². The van der Waals surface area contributed by atoms with Crippen LogP contribution in [0.3, 0.4) is 0 Å². The zero-order valence-electron chi connectivity index (χ0n) is 9.31. The van der Waals surface area contributed by atoms with E-state index < -0.39 is 0 Å². The fraction of sp³-hybridized carbons (Fsp3) is 0.0714. The number of allylic oxidation sites excluding steroid dienone is 1. The molecule has 86 valence electrons. The number of halogens is 1. The zero-order valence-corrected chi connectivity index (χ0v) is 11.7. The summed E-state index contributed by atoms with van der Waals surface area (Å²) in [6, 6.07) is 12.2. The SMILES string of the molecule is CC(C=O)=Cc1ccc(-c2ccccc2Br)s1. The summed E-state index contributed by atoms with van der Waals surface area (Å²) < 4.78 is 1.09. The lowest BCUT2D eigenvalue weighted by atomic mass is 10.2. The van der Waals surface area contributed by atoms with Crippen LogP contribution >= 0.6 is 27.3 Å². The van der Waals surface area contributed by atoms with Crippen molar-refractivity contribution in [1.82, 2.24) is 0 Å². The van der Waals surface area contributed by atoms with Crippen molar-refractivity contribution in [3.63, 3.8) is 0 Å². The second-order valence-corrected chi connectivity index (χ2v) is 5.66. The van der Waals surface area contributed by atoms with E-state index in [-0.39, 0.29) is 0 Å². The predicted molar refractivity (Wildman–Crippen MR) is 77.2 cm³/mol. The second-order valence-electron chi connectivity index (χ2n) is 3.69. The minimum absolute atomic E-state index is 0.741. The van der Waals surface area contributed by atoms with E-state index in [1.54, 1.807) is 11.3 Å². The molecule has 0 aliphatic heterocycles. The van der Waals surface area contributed by atoms with Crippen molar-refractivity contribution in [3.05, 3.63) is 51.3 Å². The minimum Gasteiger partial charge on any atom is -0.298 e. The van der Waals surface area contributed by atoms with E-state index in [1.807, 2.05) is 37.3 Å². The van der Waals surface area contributed by atoms with Gasteiger partial charge < -0.3 is 0 Å². The molecule has 0 spiro atoms. The molecule has 0 radical (unpaired) electrons. The van der Waals surface area contributed by atoms with Gasteiger partial charge in [0.15, 0.2) is 0 Å². The minimum atomic E-state index is 0.741. The number of rotatable bonds is 3. The van der Waals surface area contributed by atoms with Gasteiger partial charge in [-0.25, -0.2) is 0 Å². The molecular weight excluding hydrogens is 296 g/mol. The molecular formula is C14H11BrOS. The normalized spacial score (nSPS) is 11.5. The summed E-state index contributed by atoms with van der Waals surface area (Å²) in [7, 11) is 0. The van der Waals surface area contributed by atoms with Gasteiger partial charge in [-0.3, -0.25) is 4.79 Å². The summed E-state index contributed by atoms with van der Waals surface area (Å²) in [6.45, 7) is 1.81. The van der Waals surface area contributed by atoms with E-state index >= 15 is 0 Å². The monoisotopic (exact) mass is 306 g/mol.